The Bertz CT molecular complexity index is 1280. The van der Waals surface area contributed by atoms with Gasteiger partial charge in [-0.3, -0.25) is 4.79 Å². The number of carbonyl (C=O) groups excluding carboxylic acids is 1. The number of benzene rings is 3. The lowest BCUT2D eigenvalue weighted by Gasteiger charge is -2.36. The Labute approximate surface area is 210 Å². The van der Waals surface area contributed by atoms with Gasteiger partial charge in [0.1, 0.15) is 5.76 Å². The van der Waals surface area contributed by atoms with Gasteiger partial charge in [-0.1, -0.05) is 35.9 Å². The Morgan fingerprint density at radius 2 is 1.57 bits per heavy atom. The van der Waals surface area contributed by atoms with E-state index >= 15 is 0 Å². The summed E-state index contributed by atoms with van der Waals surface area (Å²) in [4.78, 5) is 23.3. The van der Waals surface area contributed by atoms with E-state index in [0.29, 0.717) is 11.5 Å². The number of oxazole rings is 1. The van der Waals surface area contributed by atoms with Crippen LogP contribution in [0, 0.1) is 13.8 Å². The van der Waals surface area contributed by atoms with Crippen LogP contribution in [0.4, 0.5) is 5.69 Å². The molecule has 0 unspecified atom stereocenters. The number of rotatable bonds is 6. The van der Waals surface area contributed by atoms with Gasteiger partial charge in [-0.15, -0.1) is 11.8 Å². The first-order chi connectivity index (χ1) is 17.1. The number of thioether (sulfide) groups is 1. The van der Waals surface area contributed by atoms with Gasteiger partial charge < -0.3 is 14.2 Å². The van der Waals surface area contributed by atoms with Crippen LogP contribution in [0.1, 0.15) is 27.4 Å². The van der Waals surface area contributed by atoms with Gasteiger partial charge in [-0.2, -0.15) is 0 Å². The summed E-state index contributed by atoms with van der Waals surface area (Å²) < 4.78 is 5.95. The summed E-state index contributed by atoms with van der Waals surface area (Å²) in [5.41, 5.74) is 4.99. The van der Waals surface area contributed by atoms with Crippen LogP contribution in [-0.4, -0.2) is 42.0 Å². The summed E-state index contributed by atoms with van der Waals surface area (Å²) in [6, 6.07) is 26.5. The van der Waals surface area contributed by atoms with E-state index in [2.05, 4.69) is 60.4 Å². The number of nitrogens with zero attached hydrogens (tertiary/aromatic N) is 3. The van der Waals surface area contributed by atoms with Crippen molar-refractivity contribution >= 4 is 23.4 Å². The molecule has 1 aromatic heterocycles. The minimum atomic E-state index is 0.0723. The molecule has 1 saturated heterocycles. The highest BCUT2D eigenvalue weighted by Gasteiger charge is 2.22. The van der Waals surface area contributed by atoms with Crippen LogP contribution in [0.3, 0.4) is 0 Å². The fourth-order valence-corrected chi connectivity index (χ4v) is 5.12. The lowest BCUT2D eigenvalue weighted by atomic mass is 10.1. The van der Waals surface area contributed by atoms with Crippen LogP contribution in [-0.2, 0) is 5.75 Å². The standard InChI is InChI=1S/C29H29N3O2S/c1-21-8-14-26(15-9-21)35-20-27-22(2)34-28(30-27)23-10-12-24(13-11-23)29(33)32-18-16-31(17-19-32)25-6-4-3-5-7-25/h3-15H,16-20H2,1-2H3. The Kier molecular flexibility index (Phi) is 6.91. The summed E-state index contributed by atoms with van der Waals surface area (Å²) in [7, 11) is 0. The number of hydrogen-bond acceptors (Lipinski definition) is 5. The maximum Gasteiger partial charge on any atom is 0.253 e. The number of aryl methyl sites for hydroxylation is 2. The van der Waals surface area contributed by atoms with Crippen molar-refractivity contribution in [3.8, 4) is 11.5 Å². The van der Waals surface area contributed by atoms with Crippen LogP contribution in [0.5, 0.6) is 0 Å². The molecule has 0 aliphatic carbocycles. The molecular formula is C29H29N3O2S. The van der Waals surface area contributed by atoms with Crippen molar-refractivity contribution in [1.82, 2.24) is 9.88 Å². The zero-order valence-electron chi connectivity index (χ0n) is 20.1. The number of anilines is 1. The summed E-state index contributed by atoms with van der Waals surface area (Å²) in [5, 5.41) is 0. The predicted octanol–water partition coefficient (Wildman–Crippen LogP) is 6.21. The molecule has 3 aromatic carbocycles. The summed E-state index contributed by atoms with van der Waals surface area (Å²) in [5.74, 6) is 2.25. The molecule has 0 radical (unpaired) electrons. The number of aromatic nitrogens is 1. The average Bonchev–Trinajstić information content (AvgIpc) is 3.29. The summed E-state index contributed by atoms with van der Waals surface area (Å²) in [6.45, 7) is 7.16. The van der Waals surface area contributed by atoms with E-state index in [1.807, 2.05) is 42.2 Å². The summed E-state index contributed by atoms with van der Waals surface area (Å²) in [6.07, 6.45) is 0. The number of para-hydroxylation sites is 1. The fourth-order valence-electron chi connectivity index (χ4n) is 4.22. The van der Waals surface area contributed by atoms with Crippen molar-refractivity contribution in [2.45, 2.75) is 24.5 Å². The lowest BCUT2D eigenvalue weighted by molar-refractivity contribution is 0.0747. The Morgan fingerprint density at radius 3 is 2.26 bits per heavy atom. The fraction of sp³-hybridized carbons (Fsp3) is 0.241. The molecule has 5 rings (SSSR count). The summed E-state index contributed by atoms with van der Waals surface area (Å²) >= 11 is 1.75. The minimum Gasteiger partial charge on any atom is -0.441 e. The molecular weight excluding hydrogens is 454 g/mol. The zero-order chi connectivity index (χ0) is 24.2. The van der Waals surface area contributed by atoms with Gasteiger partial charge in [0.05, 0.1) is 5.69 Å². The molecule has 0 N–H and O–H groups in total. The van der Waals surface area contributed by atoms with Gasteiger partial charge in [0.25, 0.3) is 5.91 Å². The van der Waals surface area contributed by atoms with Gasteiger partial charge in [-0.05, 0) is 62.4 Å². The topological polar surface area (TPSA) is 49.6 Å². The van der Waals surface area contributed by atoms with Gasteiger partial charge in [0, 0.05) is 53.6 Å². The molecule has 4 aromatic rings. The van der Waals surface area contributed by atoms with E-state index in [4.69, 9.17) is 9.40 Å². The third-order valence-corrected chi connectivity index (χ3v) is 7.38. The molecule has 5 nitrogen and oxygen atoms in total. The Morgan fingerprint density at radius 1 is 0.886 bits per heavy atom. The van der Waals surface area contributed by atoms with Crippen molar-refractivity contribution in [3.05, 3.63) is 101 Å². The third-order valence-electron chi connectivity index (χ3n) is 6.36. The molecule has 1 fully saturated rings. The monoisotopic (exact) mass is 483 g/mol. The molecule has 6 heteroatoms. The second-order valence-corrected chi connectivity index (χ2v) is 9.86. The van der Waals surface area contributed by atoms with Crippen molar-refractivity contribution in [2.24, 2.45) is 0 Å². The third kappa shape index (κ3) is 5.43. The molecule has 1 amide bonds. The quantitative estimate of drug-likeness (QED) is 0.305. The lowest BCUT2D eigenvalue weighted by Crippen LogP contribution is -2.48. The van der Waals surface area contributed by atoms with Crippen LogP contribution in [0.25, 0.3) is 11.5 Å². The number of carbonyl (C=O) groups is 1. The van der Waals surface area contributed by atoms with Crippen molar-refractivity contribution in [2.75, 3.05) is 31.1 Å². The zero-order valence-corrected chi connectivity index (χ0v) is 20.9. The van der Waals surface area contributed by atoms with Crippen molar-refractivity contribution in [1.29, 1.82) is 0 Å². The predicted molar refractivity (Wildman–Crippen MR) is 142 cm³/mol. The van der Waals surface area contributed by atoms with E-state index in [1.165, 1.54) is 16.1 Å². The number of amides is 1. The highest BCUT2D eigenvalue weighted by Crippen LogP contribution is 2.28. The molecule has 178 valence electrons. The molecule has 1 aliphatic rings. The van der Waals surface area contributed by atoms with Gasteiger partial charge in [-0.25, -0.2) is 4.98 Å². The maximum atomic E-state index is 13.1. The van der Waals surface area contributed by atoms with E-state index in [1.54, 1.807) is 11.8 Å². The van der Waals surface area contributed by atoms with Gasteiger partial charge in [0.15, 0.2) is 0 Å². The highest BCUT2D eigenvalue weighted by atomic mass is 32.2. The van der Waals surface area contributed by atoms with E-state index in [-0.39, 0.29) is 5.91 Å². The van der Waals surface area contributed by atoms with Crippen molar-refractivity contribution < 1.29 is 9.21 Å². The molecule has 1 aliphatic heterocycles. The first kappa shape index (κ1) is 23.2. The van der Waals surface area contributed by atoms with Crippen LogP contribution < -0.4 is 4.90 Å². The van der Waals surface area contributed by atoms with Gasteiger partial charge in [0.2, 0.25) is 5.89 Å². The first-order valence-electron chi connectivity index (χ1n) is 11.9. The molecule has 0 saturated carbocycles. The number of hydrogen-bond donors (Lipinski definition) is 0. The van der Waals surface area contributed by atoms with Crippen LogP contribution in [0.2, 0.25) is 0 Å². The van der Waals surface area contributed by atoms with Gasteiger partial charge >= 0.3 is 0 Å². The normalized spacial score (nSPS) is 13.8. The molecule has 35 heavy (non-hydrogen) atoms. The molecule has 2 heterocycles. The Balaban J connectivity index is 1.20. The molecule has 0 spiro atoms. The largest absolute Gasteiger partial charge is 0.441 e. The SMILES string of the molecule is Cc1ccc(SCc2nc(-c3ccc(C(=O)N4CCN(c5ccccc5)CC4)cc3)oc2C)cc1. The Hall–Kier alpha value is -3.51. The van der Waals surface area contributed by atoms with Crippen molar-refractivity contribution in [3.63, 3.8) is 0 Å². The molecule has 0 bridgehead atoms. The van der Waals surface area contributed by atoms with E-state index in [0.717, 1.165) is 48.9 Å². The minimum absolute atomic E-state index is 0.0723. The van der Waals surface area contributed by atoms with Crippen LogP contribution in [0.15, 0.2) is 88.2 Å². The highest BCUT2D eigenvalue weighted by molar-refractivity contribution is 7.98. The first-order valence-corrected chi connectivity index (χ1v) is 12.9. The second kappa shape index (κ2) is 10.4. The number of piperazine rings is 1. The van der Waals surface area contributed by atoms with Crippen LogP contribution >= 0.6 is 11.8 Å². The maximum absolute atomic E-state index is 13.1. The van der Waals surface area contributed by atoms with E-state index in [9.17, 15) is 4.79 Å². The molecule has 0 atom stereocenters. The smallest absolute Gasteiger partial charge is 0.253 e. The second-order valence-electron chi connectivity index (χ2n) is 8.82. The van der Waals surface area contributed by atoms with E-state index < -0.39 is 0 Å². The average molecular weight is 484 g/mol.